The standard InChI is InChI=1S/C14H21N3O5/c1-14(2,3)22-12(18)17-16-8-9-7-10(5-6-11(9)15)21-13(19)20-4/h5-7,16H,8,15H2,1-4H3,(H,17,18). The zero-order valence-electron chi connectivity index (χ0n) is 13.1. The Morgan fingerprint density at radius 3 is 2.55 bits per heavy atom. The van der Waals surface area contributed by atoms with Crippen LogP contribution in [0, 0.1) is 0 Å². The van der Waals surface area contributed by atoms with Gasteiger partial charge < -0.3 is 19.9 Å². The molecule has 0 saturated heterocycles. The average molecular weight is 311 g/mol. The maximum atomic E-state index is 11.5. The molecule has 0 aliphatic carbocycles. The van der Waals surface area contributed by atoms with Gasteiger partial charge in [-0.1, -0.05) is 0 Å². The number of amides is 1. The normalized spacial score (nSPS) is 10.7. The number of carbonyl (C=O) groups is 2. The van der Waals surface area contributed by atoms with E-state index in [1.807, 2.05) is 0 Å². The van der Waals surface area contributed by atoms with Crippen LogP contribution >= 0.6 is 0 Å². The highest BCUT2D eigenvalue weighted by molar-refractivity contribution is 5.67. The minimum absolute atomic E-state index is 0.226. The van der Waals surface area contributed by atoms with Crippen LogP contribution < -0.4 is 21.3 Å². The summed E-state index contributed by atoms with van der Waals surface area (Å²) in [6, 6.07) is 4.69. The van der Waals surface area contributed by atoms with Gasteiger partial charge in [0.05, 0.1) is 7.11 Å². The van der Waals surface area contributed by atoms with Crippen molar-refractivity contribution in [3.8, 4) is 5.75 Å². The molecule has 1 aromatic carbocycles. The Morgan fingerprint density at radius 2 is 1.95 bits per heavy atom. The molecule has 1 amide bonds. The van der Waals surface area contributed by atoms with Crippen molar-refractivity contribution in [2.75, 3.05) is 12.8 Å². The molecule has 0 atom stereocenters. The third kappa shape index (κ3) is 6.31. The second-order valence-electron chi connectivity index (χ2n) is 5.40. The summed E-state index contributed by atoms with van der Waals surface area (Å²) >= 11 is 0. The quantitative estimate of drug-likeness (QED) is 0.337. The summed E-state index contributed by atoms with van der Waals surface area (Å²) in [5.74, 6) is 0.287. The van der Waals surface area contributed by atoms with E-state index in [1.54, 1.807) is 32.9 Å². The molecule has 4 N–H and O–H groups in total. The Balaban J connectivity index is 2.56. The Labute approximate surface area is 128 Å². The Morgan fingerprint density at radius 1 is 1.27 bits per heavy atom. The fraction of sp³-hybridized carbons (Fsp3) is 0.429. The number of benzene rings is 1. The Kier molecular flexibility index (Phi) is 6.00. The van der Waals surface area contributed by atoms with Crippen LogP contribution in [0.25, 0.3) is 0 Å². The molecule has 0 saturated carbocycles. The molecule has 22 heavy (non-hydrogen) atoms. The lowest BCUT2D eigenvalue weighted by Crippen LogP contribution is -2.40. The third-order valence-electron chi connectivity index (χ3n) is 2.35. The number of anilines is 1. The first-order chi connectivity index (χ1) is 10.2. The molecule has 0 aliphatic heterocycles. The van der Waals surface area contributed by atoms with Gasteiger partial charge >= 0.3 is 12.2 Å². The minimum atomic E-state index is -0.824. The molecule has 122 valence electrons. The highest BCUT2D eigenvalue weighted by Crippen LogP contribution is 2.20. The summed E-state index contributed by atoms with van der Waals surface area (Å²) in [7, 11) is 1.22. The summed E-state index contributed by atoms with van der Waals surface area (Å²) in [5, 5.41) is 0. The minimum Gasteiger partial charge on any atom is -0.443 e. The number of carbonyl (C=O) groups excluding carboxylic acids is 2. The van der Waals surface area contributed by atoms with Crippen LogP contribution in [-0.2, 0) is 16.0 Å². The lowest BCUT2D eigenvalue weighted by molar-refractivity contribution is 0.0497. The van der Waals surface area contributed by atoms with Crippen LogP contribution in [0.15, 0.2) is 18.2 Å². The van der Waals surface area contributed by atoms with E-state index >= 15 is 0 Å². The molecule has 0 heterocycles. The van der Waals surface area contributed by atoms with E-state index in [4.69, 9.17) is 15.2 Å². The predicted molar refractivity (Wildman–Crippen MR) is 80.1 cm³/mol. The summed E-state index contributed by atoms with van der Waals surface area (Å²) in [6.45, 7) is 5.51. The van der Waals surface area contributed by atoms with Gasteiger partial charge in [0.15, 0.2) is 0 Å². The van der Waals surface area contributed by atoms with Gasteiger partial charge in [-0.2, -0.15) is 0 Å². The van der Waals surface area contributed by atoms with E-state index in [2.05, 4.69) is 15.6 Å². The summed E-state index contributed by atoms with van der Waals surface area (Å²) in [5.41, 5.74) is 11.4. The molecule has 0 fully saturated rings. The fourth-order valence-corrected chi connectivity index (χ4v) is 1.45. The van der Waals surface area contributed by atoms with Crippen molar-refractivity contribution >= 4 is 17.9 Å². The molecular weight excluding hydrogens is 290 g/mol. The van der Waals surface area contributed by atoms with Crippen LogP contribution in [0.1, 0.15) is 26.3 Å². The smallest absolute Gasteiger partial charge is 0.443 e. The first kappa shape index (κ1) is 17.6. The van der Waals surface area contributed by atoms with Crippen LogP contribution in [0.4, 0.5) is 15.3 Å². The number of ether oxygens (including phenoxy) is 3. The number of hydrogen-bond donors (Lipinski definition) is 3. The van der Waals surface area contributed by atoms with Crippen molar-refractivity contribution in [1.29, 1.82) is 0 Å². The van der Waals surface area contributed by atoms with Gasteiger partial charge in [-0.3, -0.25) is 5.43 Å². The van der Waals surface area contributed by atoms with E-state index in [0.717, 1.165) is 0 Å². The molecule has 1 rings (SSSR count). The lowest BCUT2D eigenvalue weighted by Gasteiger charge is -2.20. The molecule has 0 aliphatic rings. The number of hydrogen-bond acceptors (Lipinski definition) is 7. The average Bonchev–Trinajstić information content (AvgIpc) is 2.40. The summed E-state index contributed by atoms with van der Waals surface area (Å²) in [6.07, 6.45) is -1.43. The fourth-order valence-electron chi connectivity index (χ4n) is 1.45. The number of methoxy groups -OCH3 is 1. The second-order valence-corrected chi connectivity index (χ2v) is 5.40. The number of nitrogens with one attached hydrogen (secondary N) is 2. The van der Waals surface area contributed by atoms with Gasteiger partial charge in [0.25, 0.3) is 0 Å². The summed E-state index contributed by atoms with van der Waals surface area (Å²) < 4.78 is 14.4. The van der Waals surface area contributed by atoms with Crippen molar-refractivity contribution in [3.63, 3.8) is 0 Å². The van der Waals surface area contributed by atoms with Crippen molar-refractivity contribution in [3.05, 3.63) is 23.8 Å². The molecule has 0 radical (unpaired) electrons. The van der Waals surface area contributed by atoms with Crippen molar-refractivity contribution < 1.29 is 23.8 Å². The predicted octanol–water partition coefficient (Wildman–Crippen LogP) is 1.94. The van der Waals surface area contributed by atoms with E-state index in [-0.39, 0.29) is 12.3 Å². The lowest BCUT2D eigenvalue weighted by atomic mass is 10.2. The van der Waals surface area contributed by atoms with Crippen molar-refractivity contribution in [2.45, 2.75) is 32.9 Å². The van der Waals surface area contributed by atoms with Crippen LogP contribution in [0.5, 0.6) is 5.75 Å². The first-order valence-electron chi connectivity index (χ1n) is 6.57. The third-order valence-corrected chi connectivity index (χ3v) is 2.35. The highest BCUT2D eigenvalue weighted by Gasteiger charge is 2.15. The van der Waals surface area contributed by atoms with Gasteiger partial charge in [-0.15, -0.1) is 0 Å². The van der Waals surface area contributed by atoms with E-state index < -0.39 is 17.8 Å². The van der Waals surface area contributed by atoms with E-state index in [1.165, 1.54) is 13.2 Å². The molecule has 0 spiro atoms. The zero-order chi connectivity index (χ0) is 16.8. The van der Waals surface area contributed by atoms with Crippen LogP contribution in [0.3, 0.4) is 0 Å². The first-order valence-corrected chi connectivity index (χ1v) is 6.57. The molecule has 0 unspecified atom stereocenters. The van der Waals surface area contributed by atoms with Crippen LogP contribution in [0.2, 0.25) is 0 Å². The van der Waals surface area contributed by atoms with Crippen molar-refractivity contribution in [2.24, 2.45) is 0 Å². The van der Waals surface area contributed by atoms with Gasteiger partial charge in [0, 0.05) is 12.2 Å². The SMILES string of the molecule is COC(=O)Oc1ccc(N)c(CNNC(=O)OC(C)(C)C)c1. The molecule has 1 aromatic rings. The van der Waals surface area contributed by atoms with Crippen LogP contribution in [-0.4, -0.2) is 25.0 Å². The molecular formula is C14H21N3O5. The van der Waals surface area contributed by atoms with Gasteiger partial charge in [0.1, 0.15) is 11.4 Å². The van der Waals surface area contributed by atoms with Gasteiger partial charge in [-0.25, -0.2) is 15.0 Å². The number of nitrogen functional groups attached to an aromatic ring is 1. The molecule has 0 bridgehead atoms. The second kappa shape index (κ2) is 7.51. The van der Waals surface area contributed by atoms with E-state index in [0.29, 0.717) is 11.3 Å². The summed E-state index contributed by atoms with van der Waals surface area (Å²) in [4.78, 5) is 22.5. The van der Waals surface area contributed by atoms with E-state index in [9.17, 15) is 9.59 Å². The maximum Gasteiger partial charge on any atom is 0.513 e. The zero-order valence-corrected chi connectivity index (χ0v) is 13.1. The maximum absolute atomic E-state index is 11.5. The topological polar surface area (TPSA) is 112 Å². The van der Waals surface area contributed by atoms with Gasteiger partial charge in [0.2, 0.25) is 0 Å². The van der Waals surface area contributed by atoms with Crippen molar-refractivity contribution in [1.82, 2.24) is 10.9 Å². The number of nitrogens with two attached hydrogens (primary N) is 1. The molecule has 0 aromatic heterocycles. The largest absolute Gasteiger partial charge is 0.513 e. The molecule has 8 heteroatoms. The van der Waals surface area contributed by atoms with Gasteiger partial charge in [-0.05, 0) is 44.5 Å². The Bertz CT molecular complexity index is 540. The Hall–Kier alpha value is -2.48. The number of hydrazine groups is 1. The monoisotopic (exact) mass is 311 g/mol. The highest BCUT2D eigenvalue weighted by atomic mass is 16.7. The molecule has 8 nitrogen and oxygen atoms in total. The number of rotatable bonds is 4.